The molecule has 1 saturated heterocycles. The summed E-state index contributed by atoms with van der Waals surface area (Å²) in [6, 6.07) is 5.02. The third-order valence-electron chi connectivity index (χ3n) is 5.07. The summed E-state index contributed by atoms with van der Waals surface area (Å²) in [6.07, 6.45) is 1.96. The third kappa shape index (κ3) is 5.10. The standard InChI is InChI=1S/C21H29N3O4/c1-20(2)10-14(11-21(3,4)24-20)22-18(26)8-6-16(25)13-5-7-17-15(9-13)23-19(27)12-28-17/h5,7,9,14,24H,6,8,10-12H2,1-4H3,(H,22,26)(H,23,27). The first-order chi connectivity index (χ1) is 13.0. The van der Waals surface area contributed by atoms with Gasteiger partial charge in [0, 0.05) is 35.5 Å². The first-order valence-electron chi connectivity index (χ1n) is 9.72. The normalized spacial score (nSPS) is 20.5. The summed E-state index contributed by atoms with van der Waals surface area (Å²) in [5, 5.41) is 9.36. The number of amides is 2. The van der Waals surface area contributed by atoms with Gasteiger partial charge >= 0.3 is 0 Å². The van der Waals surface area contributed by atoms with Crippen LogP contribution in [0.2, 0.25) is 0 Å². The van der Waals surface area contributed by atoms with E-state index in [0.29, 0.717) is 17.0 Å². The lowest BCUT2D eigenvalue weighted by Crippen LogP contribution is -2.62. The van der Waals surface area contributed by atoms with Crippen molar-refractivity contribution in [1.82, 2.24) is 10.6 Å². The molecule has 2 aliphatic heterocycles. The van der Waals surface area contributed by atoms with E-state index in [-0.39, 0.29) is 54.2 Å². The molecular formula is C21H29N3O4. The number of ether oxygens (including phenoxy) is 1. The van der Waals surface area contributed by atoms with Gasteiger partial charge in [-0.3, -0.25) is 14.4 Å². The maximum atomic E-state index is 12.5. The number of carbonyl (C=O) groups excluding carboxylic acids is 3. The summed E-state index contributed by atoms with van der Waals surface area (Å²) >= 11 is 0. The predicted octanol–water partition coefficient (Wildman–Crippen LogP) is 2.41. The first-order valence-corrected chi connectivity index (χ1v) is 9.72. The van der Waals surface area contributed by atoms with Crippen molar-refractivity contribution in [3.05, 3.63) is 23.8 Å². The number of fused-ring (bicyclic) bond motifs is 1. The van der Waals surface area contributed by atoms with Crippen LogP contribution in [-0.2, 0) is 9.59 Å². The molecule has 1 fully saturated rings. The van der Waals surface area contributed by atoms with Crippen LogP contribution in [0.4, 0.5) is 5.69 Å². The summed E-state index contributed by atoms with van der Waals surface area (Å²) in [5.41, 5.74) is 0.850. The molecule has 2 amide bonds. The largest absolute Gasteiger partial charge is 0.482 e. The van der Waals surface area contributed by atoms with Crippen molar-refractivity contribution in [3.63, 3.8) is 0 Å². The van der Waals surface area contributed by atoms with Gasteiger partial charge in [-0.05, 0) is 58.7 Å². The average molecular weight is 387 g/mol. The second-order valence-corrected chi connectivity index (χ2v) is 9.04. The van der Waals surface area contributed by atoms with E-state index in [4.69, 9.17) is 4.74 Å². The molecule has 0 radical (unpaired) electrons. The lowest BCUT2D eigenvalue weighted by atomic mass is 9.79. The minimum Gasteiger partial charge on any atom is -0.482 e. The van der Waals surface area contributed by atoms with Crippen molar-refractivity contribution in [2.24, 2.45) is 0 Å². The van der Waals surface area contributed by atoms with Crippen LogP contribution in [0, 0.1) is 0 Å². The Labute approximate surface area is 165 Å². The van der Waals surface area contributed by atoms with Crippen molar-refractivity contribution in [1.29, 1.82) is 0 Å². The number of hydrogen-bond donors (Lipinski definition) is 3. The van der Waals surface area contributed by atoms with E-state index in [1.54, 1.807) is 18.2 Å². The number of nitrogens with one attached hydrogen (secondary N) is 3. The predicted molar refractivity (Wildman–Crippen MR) is 107 cm³/mol. The summed E-state index contributed by atoms with van der Waals surface area (Å²) in [5.74, 6) is 0.0551. The highest BCUT2D eigenvalue weighted by atomic mass is 16.5. The Kier molecular flexibility index (Phi) is 5.48. The van der Waals surface area contributed by atoms with Crippen molar-refractivity contribution in [2.45, 2.75) is 70.5 Å². The number of rotatable bonds is 5. The third-order valence-corrected chi connectivity index (χ3v) is 5.07. The van der Waals surface area contributed by atoms with Crippen LogP contribution in [0.5, 0.6) is 5.75 Å². The molecular weight excluding hydrogens is 358 g/mol. The van der Waals surface area contributed by atoms with E-state index in [9.17, 15) is 14.4 Å². The van der Waals surface area contributed by atoms with E-state index in [1.165, 1.54) is 0 Å². The maximum absolute atomic E-state index is 12.5. The van der Waals surface area contributed by atoms with Gasteiger partial charge in [-0.1, -0.05) is 0 Å². The molecule has 0 spiro atoms. The zero-order chi connectivity index (χ0) is 20.5. The summed E-state index contributed by atoms with van der Waals surface area (Å²) < 4.78 is 5.29. The molecule has 7 heteroatoms. The van der Waals surface area contributed by atoms with Crippen LogP contribution in [0.15, 0.2) is 18.2 Å². The molecule has 152 valence electrons. The molecule has 0 aliphatic carbocycles. The molecule has 3 N–H and O–H groups in total. The molecule has 0 saturated carbocycles. The van der Waals surface area contributed by atoms with Gasteiger partial charge < -0.3 is 20.7 Å². The Balaban J connectivity index is 1.54. The fraction of sp³-hybridized carbons (Fsp3) is 0.571. The first kappa shape index (κ1) is 20.3. The van der Waals surface area contributed by atoms with E-state index in [1.807, 2.05) is 0 Å². The molecule has 0 unspecified atom stereocenters. The number of Topliss-reactive ketones (excluding diaryl/α,β-unsaturated/α-hetero) is 1. The summed E-state index contributed by atoms with van der Waals surface area (Å²) in [6.45, 7) is 8.51. The van der Waals surface area contributed by atoms with E-state index >= 15 is 0 Å². The minimum absolute atomic E-state index is 0.0231. The Morgan fingerprint density at radius 3 is 2.50 bits per heavy atom. The van der Waals surface area contributed by atoms with Crippen LogP contribution < -0.4 is 20.7 Å². The monoisotopic (exact) mass is 387 g/mol. The number of anilines is 1. The van der Waals surface area contributed by atoms with Crippen LogP contribution in [0.1, 0.15) is 63.7 Å². The highest BCUT2D eigenvalue weighted by Crippen LogP contribution is 2.30. The number of carbonyl (C=O) groups is 3. The van der Waals surface area contributed by atoms with Crippen molar-refractivity contribution in [2.75, 3.05) is 11.9 Å². The number of ketones is 1. The second-order valence-electron chi connectivity index (χ2n) is 9.04. The smallest absolute Gasteiger partial charge is 0.262 e. The second kappa shape index (κ2) is 7.54. The van der Waals surface area contributed by atoms with Gasteiger partial charge in [0.05, 0.1) is 5.69 Å². The van der Waals surface area contributed by atoms with Crippen LogP contribution >= 0.6 is 0 Å². The molecule has 7 nitrogen and oxygen atoms in total. The van der Waals surface area contributed by atoms with Crippen LogP contribution in [0.3, 0.4) is 0 Å². The minimum atomic E-state index is -0.246. The van der Waals surface area contributed by atoms with Crippen molar-refractivity contribution >= 4 is 23.3 Å². The molecule has 0 atom stereocenters. The summed E-state index contributed by atoms with van der Waals surface area (Å²) in [7, 11) is 0. The highest BCUT2D eigenvalue weighted by Gasteiger charge is 2.38. The fourth-order valence-electron chi connectivity index (χ4n) is 4.35. The Bertz CT molecular complexity index is 785. The zero-order valence-corrected chi connectivity index (χ0v) is 17.0. The molecule has 1 aromatic carbocycles. The van der Waals surface area contributed by atoms with E-state index in [0.717, 1.165) is 12.8 Å². The number of benzene rings is 1. The molecule has 2 heterocycles. The quantitative estimate of drug-likeness (QED) is 0.674. The van der Waals surface area contributed by atoms with Gasteiger partial charge in [0.15, 0.2) is 12.4 Å². The van der Waals surface area contributed by atoms with E-state index in [2.05, 4.69) is 43.6 Å². The van der Waals surface area contributed by atoms with E-state index < -0.39 is 0 Å². The van der Waals surface area contributed by atoms with Gasteiger partial charge in [-0.25, -0.2) is 0 Å². The number of piperidine rings is 1. The topological polar surface area (TPSA) is 96.5 Å². The van der Waals surface area contributed by atoms with Crippen molar-refractivity contribution in [3.8, 4) is 5.75 Å². The fourth-order valence-corrected chi connectivity index (χ4v) is 4.35. The number of hydrogen-bond acceptors (Lipinski definition) is 5. The van der Waals surface area contributed by atoms with Gasteiger partial charge in [0.2, 0.25) is 5.91 Å². The molecule has 0 aromatic heterocycles. The lowest BCUT2D eigenvalue weighted by molar-refractivity contribution is -0.122. The van der Waals surface area contributed by atoms with Gasteiger partial charge in [0.25, 0.3) is 5.91 Å². The highest BCUT2D eigenvalue weighted by molar-refractivity contribution is 6.01. The van der Waals surface area contributed by atoms with Crippen LogP contribution in [-0.4, -0.2) is 41.3 Å². The Morgan fingerprint density at radius 2 is 1.82 bits per heavy atom. The average Bonchev–Trinajstić information content (AvgIpc) is 2.56. The molecule has 0 bridgehead atoms. The summed E-state index contributed by atoms with van der Waals surface area (Å²) in [4.78, 5) is 36.3. The van der Waals surface area contributed by atoms with Gasteiger partial charge in [0.1, 0.15) is 5.75 Å². The molecule has 3 rings (SSSR count). The molecule has 2 aliphatic rings. The SMILES string of the molecule is CC1(C)CC(NC(=O)CCC(=O)c2ccc3c(c2)NC(=O)CO3)CC(C)(C)N1. The Hall–Kier alpha value is -2.41. The maximum Gasteiger partial charge on any atom is 0.262 e. The lowest BCUT2D eigenvalue weighted by Gasteiger charge is -2.46. The Morgan fingerprint density at radius 1 is 1.14 bits per heavy atom. The zero-order valence-electron chi connectivity index (χ0n) is 17.0. The van der Waals surface area contributed by atoms with Gasteiger partial charge in [-0.15, -0.1) is 0 Å². The molecule has 28 heavy (non-hydrogen) atoms. The molecule has 1 aromatic rings. The van der Waals surface area contributed by atoms with Crippen molar-refractivity contribution < 1.29 is 19.1 Å². The van der Waals surface area contributed by atoms with Crippen LogP contribution in [0.25, 0.3) is 0 Å². The van der Waals surface area contributed by atoms with Gasteiger partial charge in [-0.2, -0.15) is 0 Å².